The SMILES string of the molecule is CCOC(=O)C(CC)(CCC(=O)OCc1ccccc1)c1csc(Nc2ccc(C)cc2)n1. The highest BCUT2D eigenvalue weighted by atomic mass is 32.1. The maximum Gasteiger partial charge on any atom is 0.318 e. The minimum absolute atomic E-state index is 0.0950. The summed E-state index contributed by atoms with van der Waals surface area (Å²) < 4.78 is 10.8. The summed E-state index contributed by atoms with van der Waals surface area (Å²) in [6, 6.07) is 17.5. The number of hydrogen-bond donors (Lipinski definition) is 1. The summed E-state index contributed by atoms with van der Waals surface area (Å²) in [4.78, 5) is 30.2. The Labute approximate surface area is 199 Å². The van der Waals surface area contributed by atoms with Gasteiger partial charge in [-0.1, -0.05) is 55.0 Å². The average Bonchev–Trinajstić information content (AvgIpc) is 3.29. The Morgan fingerprint density at radius 2 is 1.76 bits per heavy atom. The molecule has 0 aliphatic carbocycles. The number of nitrogens with zero attached hydrogens (tertiary/aromatic N) is 1. The molecular formula is C26H30N2O4S. The molecular weight excluding hydrogens is 436 g/mol. The van der Waals surface area contributed by atoms with Crippen molar-refractivity contribution in [3.63, 3.8) is 0 Å². The van der Waals surface area contributed by atoms with Crippen LogP contribution in [0.3, 0.4) is 0 Å². The highest BCUT2D eigenvalue weighted by Gasteiger charge is 2.42. The first-order chi connectivity index (χ1) is 16.0. The van der Waals surface area contributed by atoms with E-state index in [-0.39, 0.29) is 38.0 Å². The standard InChI is InChI=1S/C26H30N2O4S/c1-4-26(24(30)31-5-2,16-15-23(29)32-17-20-9-7-6-8-10-20)22-18-33-25(28-22)27-21-13-11-19(3)12-14-21/h6-14,18H,4-5,15-17H2,1-3H3,(H,27,28). The average molecular weight is 467 g/mol. The summed E-state index contributed by atoms with van der Waals surface area (Å²) in [5.41, 5.74) is 2.62. The monoisotopic (exact) mass is 466 g/mol. The molecule has 6 nitrogen and oxygen atoms in total. The molecule has 7 heteroatoms. The van der Waals surface area contributed by atoms with Crippen LogP contribution in [-0.4, -0.2) is 23.5 Å². The van der Waals surface area contributed by atoms with Gasteiger partial charge in [0.25, 0.3) is 0 Å². The molecule has 0 spiro atoms. The molecule has 0 saturated carbocycles. The number of anilines is 2. The van der Waals surface area contributed by atoms with E-state index in [1.54, 1.807) is 6.92 Å². The number of benzene rings is 2. The molecule has 1 N–H and O–H groups in total. The van der Waals surface area contributed by atoms with E-state index in [0.29, 0.717) is 17.2 Å². The summed E-state index contributed by atoms with van der Waals surface area (Å²) in [7, 11) is 0. The molecule has 1 unspecified atom stereocenters. The molecule has 0 fully saturated rings. The van der Waals surface area contributed by atoms with Crippen molar-refractivity contribution in [1.82, 2.24) is 4.98 Å². The molecule has 0 saturated heterocycles. The number of rotatable bonds is 11. The van der Waals surface area contributed by atoms with Gasteiger partial charge in [-0.15, -0.1) is 11.3 Å². The first-order valence-electron chi connectivity index (χ1n) is 11.1. The third-order valence-electron chi connectivity index (χ3n) is 5.57. The lowest BCUT2D eigenvalue weighted by Crippen LogP contribution is -2.38. The van der Waals surface area contributed by atoms with Crippen LogP contribution in [0.2, 0.25) is 0 Å². The Balaban J connectivity index is 1.73. The lowest BCUT2D eigenvalue weighted by atomic mass is 9.78. The molecule has 0 bridgehead atoms. The molecule has 1 heterocycles. The Morgan fingerprint density at radius 1 is 1.03 bits per heavy atom. The number of aromatic nitrogens is 1. The Morgan fingerprint density at radius 3 is 2.42 bits per heavy atom. The molecule has 3 rings (SSSR count). The van der Waals surface area contributed by atoms with Crippen molar-refractivity contribution < 1.29 is 19.1 Å². The minimum Gasteiger partial charge on any atom is -0.465 e. The van der Waals surface area contributed by atoms with Crippen molar-refractivity contribution in [2.75, 3.05) is 11.9 Å². The fourth-order valence-corrected chi connectivity index (χ4v) is 4.37. The highest BCUT2D eigenvalue weighted by Crippen LogP contribution is 2.37. The Hall–Kier alpha value is -3.19. The normalized spacial score (nSPS) is 12.6. The summed E-state index contributed by atoms with van der Waals surface area (Å²) in [6.07, 6.45) is 0.826. The molecule has 2 aromatic carbocycles. The van der Waals surface area contributed by atoms with Gasteiger partial charge >= 0.3 is 11.9 Å². The van der Waals surface area contributed by atoms with Crippen molar-refractivity contribution in [3.8, 4) is 0 Å². The van der Waals surface area contributed by atoms with Crippen LogP contribution in [-0.2, 0) is 31.1 Å². The van der Waals surface area contributed by atoms with Gasteiger partial charge in [0, 0.05) is 17.5 Å². The number of hydrogen-bond acceptors (Lipinski definition) is 7. The van der Waals surface area contributed by atoms with E-state index < -0.39 is 5.41 Å². The quantitative estimate of drug-likeness (QED) is 0.353. The maximum atomic E-state index is 13.1. The van der Waals surface area contributed by atoms with Crippen molar-refractivity contribution in [2.24, 2.45) is 0 Å². The molecule has 33 heavy (non-hydrogen) atoms. The van der Waals surface area contributed by atoms with E-state index in [1.165, 1.54) is 16.9 Å². The fraction of sp³-hybridized carbons (Fsp3) is 0.346. The van der Waals surface area contributed by atoms with Crippen LogP contribution >= 0.6 is 11.3 Å². The number of carbonyl (C=O) groups is 2. The van der Waals surface area contributed by atoms with Crippen LogP contribution in [0.15, 0.2) is 60.0 Å². The second kappa shape index (κ2) is 11.6. The zero-order chi connectivity index (χ0) is 23.7. The Kier molecular flexibility index (Phi) is 8.60. The molecule has 1 atom stereocenters. The molecule has 0 amide bonds. The first kappa shape index (κ1) is 24.5. The van der Waals surface area contributed by atoms with E-state index in [2.05, 4.69) is 5.32 Å². The fourth-order valence-electron chi connectivity index (χ4n) is 3.54. The van der Waals surface area contributed by atoms with Gasteiger partial charge in [-0.2, -0.15) is 0 Å². The van der Waals surface area contributed by atoms with Gasteiger partial charge in [0.2, 0.25) is 0 Å². The smallest absolute Gasteiger partial charge is 0.318 e. The maximum absolute atomic E-state index is 13.1. The summed E-state index contributed by atoms with van der Waals surface area (Å²) >= 11 is 1.42. The van der Waals surface area contributed by atoms with Crippen LogP contribution < -0.4 is 5.32 Å². The summed E-state index contributed by atoms with van der Waals surface area (Å²) in [6.45, 7) is 6.19. The topological polar surface area (TPSA) is 77.5 Å². The van der Waals surface area contributed by atoms with Gasteiger partial charge in [0.1, 0.15) is 12.0 Å². The molecule has 0 aliphatic rings. The lowest BCUT2D eigenvalue weighted by Gasteiger charge is -2.28. The lowest BCUT2D eigenvalue weighted by molar-refractivity contribution is -0.152. The van der Waals surface area contributed by atoms with Crippen LogP contribution in [0.4, 0.5) is 10.8 Å². The number of aryl methyl sites for hydroxylation is 1. The third-order valence-corrected chi connectivity index (χ3v) is 6.32. The first-order valence-corrected chi connectivity index (χ1v) is 12.0. The molecule has 0 radical (unpaired) electrons. The number of carbonyl (C=O) groups excluding carboxylic acids is 2. The van der Waals surface area contributed by atoms with E-state index in [1.807, 2.05) is 73.8 Å². The minimum atomic E-state index is -1.01. The van der Waals surface area contributed by atoms with Gasteiger partial charge in [-0.3, -0.25) is 9.59 Å². The third kappa shape index (κ3) is 6.42. The number of esters is 2. The second-order valence-electron chi connectivity index (χ2n) is 7.83. The molecule has 3 aromatic rings. The van der Waals surface area contributed by atoms with Crippen molar-refractivity contribution >= 4 is 34.1 Å². The van der Waals surface area contributed by atoms with Gasteiger partial charge in [-0.05, 0) is 44.4 Å². The zero-order valence-corrected chi connectivity index (χ0v) is 20.1. The number of nitrogens with one attached hydrogen (secondary N) is 1. The van der Waals surface area contributed by atoms with Gasteiger partial charge < -0.3 is 14.8 Å². The molecule has 1 aromatic heterocycles. The summed E-state index contributed by atoms with van der Waals surface area (Å²) in [5, 5.41) is 5.84. The van der Waals surface area contributed by atoms with Crippen molar-refractivity contribution in [3.05, 3.63) is 76.8 Å². The second-order valence-corrected chi connectivity index (χ2v) is 8.69. The van der Waals surface area contributed by atoms with Crippen molar-refractivity contribution in [1.29, 1.82) is 0 Å². The summed E-state index contributed by atoms with van der Waals surface area (Å²) in [5.74, 6) is -0.718. The van der Waals surface area contributed by atoms with Gasteiger partial charge in [0.05, 0.1) is 12.3 Å². The number of ether oxygens (including phenoxy) is 2. The van der Waals surface area contributed by atoms with E-state index in [9.17, 15) is 9.59 Å². The highest BCUT2D eigenvalue weighted by molar-refractivity contribution is 7.13. The van der Waals surface area contributed by atoms with E-state index in [0.717, 1.165) is 11.3 Å². The van der Waals surface area contributed by atoms with Crippen LogP contribution in [0.5, 0.6) is 0 Å². The van der Waals surface area contributed by atoms with Crippen LogP contribution in [0, 0.1) is 6.92 Å². The predicted molar refractivity (Wildman–Crippen MR) is 131 cm³/mol. The van der Waals surface area contributed by atoms with Crippen molar-refractivity contribution in [2.45, 2.75) is 52.1 Å². The Bertz CT molecular complexity index is 1050. The van der Waals surface area contributed by atoms with Crippen LogP contribution in [0.1, 0.15) is 49.9 Å². The molecule has 174 valence electrons. The van der Waals surface area contributed by atoms with E-state index >= 15 is 0 Å². The largest absolute Gasteiger partial charge is 0.465 e. The van der Waals surface area contributed by atoms with Crippen LogP contribution in [0.25, 0.3) is 0 Å². The number of thiazole rings is 1. The predicted octanol–water partition coefficient (Wildman–Crippen LogP) is 5.93. The van der Waals surface area contributed by atoms with E-state index in [4.69, 9.17) is 14.5 Å². The van der Waals surface area contributed by atoms with Gasteiger partial charge in [0.15, 0.2) is 5.13 Å². The zero-order valence-electron chi connectivity index (χ0n) is 19.3. The molecule has 0 aliphatic heterocycles. The van der Waals surface area contributed by atoms with Gasteiger partial charge in [-0.25, -0.2) is 4.98 Å².